The number of methoxy groups -OCH3 is 2. The number of carbonyl (C=O) groups excluding carboxylic acids is 3. The average Bonchev–Trinajstić information content (AvgIpc) is 3.92. The molecule has 332 valence electrons. The molecule has 2 aromatic carbocycles. The molecule has 0 bridgehead atoms. The van der Waals surface area contributed by atoms with Crippen LogP contribution in [0.25, 0.3) is 22.8 Å². The van der Waals surface area contributed by atoms with E-state index >= 15 is 0 Å². The number of benzene rings is 2. The molecule has 0 saturated heterocycles. The highest BCUT2D eigenvalue weighted by Gasteiger charge is 2.32. The van der Waals surface area contributed by atoms with Crippen LogP contribution in [0.1, 0.15) is 98.7 Å². The van der Waals surface area contributed by atoms with E-state index in [9.17, 15) is 19.2 Å². The van der Waals surface area contributed by atoms with Gasteiger partial charge in [-0.3, -0.25) is 0 Å². The first-order valence-corrected chi connectivity index (χ1v) is 20.1. The lowest BCUT2D eigenvalue weighted by Gasteiger charge is -2.20. The lowest BCUT2D eigenvalue weighted by molar-refractivity contribution is 0.00684. The smallest absolute Gasteiger partial charge is 0.377 e. The standard InChI is InChI=1S/C24H26N4O6.C20H18N4O6/c1-6-32-22(30)20-15-9-7-14-12-25-23(27-18(14)19(15)28-34-20)26-16-10-8-13(11-17(16)31-5)21(29)33-24(2,3)4;1-3-29-19(27)17-12-6-4-11-9-21-20(23-15(11)16(12)24-30-17)22-13-7-5-10(18(25)26)8-14(13)28-2/h8,10-12H,6-7,9H2,1-5H3,(H,25,26,27);5,7-9H,3-4,6H2,1-2H3,(H,25,26)(H,21,22,23). The molecule has 20 heteroatoms. The fourth-order valence-corrected chi connectivity index (χ4v) is 6.82. The summed E-state index contributed by atoms with van der Waals surface area (Å²) >= 11 is 0. The van der Waals surface area contributed by atoms with Gasteiger partial charge in [-0.15, -0.1) is 0 Å². The summed E-state index contributed by atoms with van der Waals surface area (Å²) in [6.07, 6.45) is 5.83. The van der Waals surface area contributed by atoms with Crippen LogP contribution in [0.3, 0.4) is 0 Å². The summed E-state index contributed by atoms with van der Waals surface area (Å²) in [6.45, 7) is 9.36. The highest BCUT2D eigenvalue weighted by molar-refractivity contribution is 5.93. The highest BCUT2D eigenvalue weighted by Crippen LogP contribution is 2.37. The molecule has 0 radical (unpaired) electrons. The van der Waals surface area contributed by atoms with E-state index in [-0.39, 0.29) is 36.2 Å². The van der Waals surface area contributed by atoms with Crippen LogP contribution in [0, 0.1) is 0 Å². The Morgan fingerprint density at radius 3 is 1.53 bits per heavy atom. The molecule has 0 amide bonds. The monoisotopic (exact) mass is 876 g/mol. The van der Waals surface area contributed by atoms with Gasteiger partial charge in [0.25, 0.3) is 0 Å². The lowest BCUT2D eigenvalue weighted by Crippen LogP contribution is -2.23. The van der Waals surface area contributed by atoms with Gasteiger partial charge in [-0.2, -0.15) is 0 Å². The number of nitrogens with one attached hydrogen (secondary N) is 2. The second-order valence-electron chi connectivity index (χ2n) is 15.1. The number of aromatic carboxylic acids is 1. The van der Waals surface area contributed by atoms with Crippen molar-refractivity contribution in [2.24, 2.45) is 0 Å². The molecule has 3 N–H and O–H groups in total. The van der Waals surface area contributed by atoms with Crippen LogP contribution in [0.15, 0.2) is 57.8 Å². The topological polar surface area (TPSA) is 262 Å². The number of aryl methyl sites for hydroxylation is 2. The van der Waals surface area contributed by atoms with Crippen molar-refractivity contribution >= 4 is 47.1 Å². The predicted molar refractivity (Wildman–Crippen MR) is 226 cm³/mol. The number of anilines is 4. The summed E-state index contributed by atoms with van der Waals surface area (Å²) in [5.41, 5.74) is 6.18. The van der Waals surface area contributed by atoms with E-state index in [1.54, 1.807) is 50.5 Å². The third kappa shape index (κ3) is 9.44. The van der Waals surface area contributed by atoms with Gasteiger partial charge in [-0.1, -0.05) is 10.3 Å². The summed E-state index contributed by atoms with van der Waals surface area (Å²) < 4.78 is 36.7. The first kappa shape index (κ1) is 44.2. The van der Waals surface area contributed by atoms with Crippen molar-refractivity contribution in [1.82, 2.24) is 30.2 Å². The minimum absolute atomic E-state index is 0.0940. The minimum Gasteiger partial charge on any atom is -0.495 e. The van der Waals surface area contributed by atoms with Crippen LogP contribution in [0.5, 0.6) is 11.5 Å². The van der Waals surface area contributed by atoms with Gasteiger partial charge in [0.1, 0.15) is 39.9 Å². The molecule has 20 nitrogen and oxygen atoms in total. The number of carboxylic acids is 1. The van der Waals surface area contributed by atoms with Gasteiger partial charge in [0, 0.05) is 23.5 Å². The average molecular weight is 877 g/mol. The summed E-state index contributed by atoms with van der Waals surface area (Å²) in [5, 5.41) is 23.4. The van der Waals surface area contributed by atoms with Crippen LogP contribution >= 0.6 is 0 Å². The first-order chi connectivity index (χ1) is 30.7. The second kappa shape index (κ2) is 18.6. The molecule has 6 aromatic rings. The van der Waals surface area contributed by atoms with Gasteiger partial charge in [0.05, 0.1) is 49.9 Å². The van der Waals surface area contributed by atoms with E-state index in [4.69, 9.17) is 37.8 Å². The molecule has 0 unspecified atom stereocenters. The van der Waals surface area contributed by atoms with Crippen molar-refractivity contribution in [3.63, 3.8) is 0 Å². The number of fused-ring (bicyclic) bond motifs is 6. The van der Waals surface area contributed by atoms with E-state index in [1.807, 2.05) is 20.8 Å². The Labute approximate surface area is 365 Å². The van der Waals surface area contributed by atoms with Gasteiger partial charge in [-0.25, -0.2) is 39.1 Å². The van der Waals surface area contributed by atoms with Crippen molar-refractivity contribution in [3.8, 4) is 34.3 Å². The minimum atomic E-state index is -1.05. The SMILES string of the molecule is CCOC(=O)c1onc2c1CCc1cnc(Nc3ccc(C(=O)O)cc3OC)nc1-2.CCOC(=O)c1onc2c1CCc1cnc(Nc3ccc(C(=O)OC(C)(C)C)cc3OC)nc1-2. The summed E-state index contributed by atoms with van der Waals surface area (Å²) in [7, 11) is 2.95. The number of hydrogen-bond acceptors (Lipinski definition) is 19. The molecule has 0 aliphatic heterocycles. The zero-order valence-electron chi connectivity index (χ0n) is 36.0. The summed E-state index contributed by atoms with van der Waals surface area (Å²) in [4.78, 5) is 65.7. The number of nitrogens with zero attached hydrogens (tertiary/aromatic N) is 6. The fourth-order valence-electron chi connectivity index (χ4n) is 6.82. The van der Waals surface area contributed by atoms with Crippen molar-refractivity contribution in [3.05, 3.63) is 93.7 Å². The van der Waals surface area contributed by atoms with E-state index in [0.29, 0.717) is 94.0 Å². The zero-order valence-corrected chi connectivity index (χ0v) is 36.0. The van der Waals surface area contributed by atoms with Crippen LogP contribution in [0.2, 0.25) is 0 Å². The van der Waals surface area contributed by atoms with Gasteiger partial charge in [0.15, 0.2) is 0 Å². The summed E-state index contributed by atoms with van der Waals surface area (Å²) in [5.74, 6) is -1.06. The van der Waals surface area contributed by atoms with Crippen LogP contribution in [-0.2, 0) is 39.9 Å². The maximum atomic E-state index is 12.4. The Kier molecular flexibility index (Phi) is 12.8. The van der Waals surface area contributed by atoms with Gasteiger partial charge in [-0.05, 0) is 108 Å². The molecule has 0 atom stereocenters. The van der Waals surface area contributed by atoms with E-state index in [1.165, 1.54) is 26.4 Å². The molecule has 4 heterocycles. The Balaban J connectivity index is 0.000000193. The number of rotatable bonds is 12. The largest absolute Gasteiger partial charge is 0.495 e. The van der Waals surface area contributed by atoms with Crippen molar-refractivity contribution in [2.45, 2.75) is 65.9 Å². The number of ether oxygens (including phenoxy) is 5. The molecule has 4 aromatic heterocycles. The normalized spacial score (nSPS) is 12.2. The molecule has 8 rings (SSSR count). The number of esters is 3. The molecular weight excluding hydrogens is 833 g/mol. The molecule has 0 saturated carbocycles. The fraction of sp³-hybridized carbons (Fsp3) is 0.318. The van der Waals surface area contributed by atoms with Gasteiger partial charge < -0.3 is 48.5 Å². The Morgan fingerprint density at radius 2 is 1.11 bits per heavy atom. The predicted octanol–water partition coefficient (Wildman–Crippen LogP) is 6.97. The van der Waals surface area contributed by atoms with E-state index in [0.717, 1.165) is 11.1 Å². The molecular formula is C44H44N8O12. The first-order valence-electron chi connectivity index (χ1n) is 20.1. The maximum absolute atomic E-state index is 12.4. The Bertz CT molecular complexity index is 2760. The summed E-state index contributed by atoms with van der Waals surface area (Å²) in [6, 6.07) is 9.36. The Hall–Kier alpha value is -7.90. The number of carboxylic acid groups (broad SMARTS) is 1. The van der Waals surface area contributed by atoms with E-state index in [2.05, 4.69) is 40.9 Å². The van der Waals surface area contributed by atoms with Crippen LogP contribution in [0.4, 0.5) is 23.3 Å². The molecule has 2 aliphatic rings. The van der Waals surface area contributed by atoms with Gasteiger partial charge in [0.2, 0.25) is 23.4 Å². The molecule has 0 fully saturated rings. The van der Waals surface area contributed by atoms with Crippen molar-refractivity contribution in [2.75, 3.05) is 38.1 Å². The number of hydrogen-bond donors (Lipinski definition) is 3. The third-order valence-electron chi connectivity index (χ3n) is 9.74. The molecule has 2 aliphatic carbocycles. The van der Waals surface area contributed by atoms with Gasteiger partial charge >= 0.3 is 23.9 Å². The van der Waals surface area contributed by atoms with Crippen molar-refractivity contribution < 1.29 is 57.0 Å². The lowest BCUT2D eigenvalue weighted by atomic mass is 9.94. The third-order valence-corrected chi connectivity index (χ3v) is 9.74. The number of carbonyl (C=O) groups is 4. The quantitative estimate of drug-likeness (QED) is 0.0827. The number of aromatic nitrogens is 6. The second-order valence-corrected chi connectivity index (χ2v) is 15.1. The van der Waals surface area contributed by atoms with E-state index < -0.39 is 29.5 Å². The van der Waals surface area contributed by atoms with Crippen molar-refractivity contribution in [1.29, 1.82) is 0 Å². The maximum Gasteiger partial charge on any atom is 0.377 e. The zero-order chi connectivity index (χ0) is 45.7. The Morgan fingerprint density at radius 1 is 0.656 bits per heavy atom. The molecule has 64 heavy (non-hydrogen) atoms. The molecule has 0 spiro atoms. The highest BCUT2D eigenvalue weighted by atomic mass is 16.6. The van der Waals surface area contributed by atoms with Crippen LogP contribution in [-0.4, -0.2) is 92.3 Å². The van der Waals surface area contributed by atoms with Crippen LogP contribution < -0.4 is 20.1 Å².